The minimum atomic E-state index is 0.692. The third kappa shape index (κ3) is 3.24. The van der Waals surface area contributed by atoms with Gasteiger partial charge in [-0.2, -0.15) is 0 Å². The minimum absolute atomic E-state index is 0.692. The molecule has 0 saturated carbocycles. The molecular weight excluding hydrogens is 236 g/mol. The average molecular weight is 262 g/mol. The van der Waals surface area contributed by atoms with Crippen molar-refractivity contribution < 1.29 is 0 Å². The highest BCUT2D eigenvalue weighted by Gasteiger charge is 2.20. The van der Waals surface area contributed by atoms with Crippen molar-refractivity contribution in [3.05, 3.63) is 17.0 Å². The number of rotatable bonds is 2. The van der Waals surface area contributed by atoms with Crippen LogP contribution in [0.15, 0.2) is 0 Å². The van der Waals surface area contributed by atoms with E-state index >= 15 is 0 Å². The first kappa shape index (κ1) is 14.3. The first-order valence-corrected chi connectivity index (χ1v) is 7.22. The highest BCUT2D eigenvalue weighted by atomic mass is 15.3. The standard InChI is InChI=1S/C15H26N4/c1-11-12(2)16-15(17-13(11)3)19-9-6-7-14(8-10-19)18(4)5/h14H,6-10H2,1-5H3. The van der Waals surface area contributed by atoms with Gasteiger partial charge in [0, 0.05) is 30.5 Å². The Bertz CT molecular complexity index is 419. The molecule has 0 aliphatic carbocycles. The second-order valence-corrected chi connectivity index (χ2v) is 5.85. The number of anilines is 1. The molecule has 0 amide bonds. The first-order valence-electron chi connectivity index (χ1n) is 7.22. The van der Waals surface area contributed by atoms with Gasteiger partial charge in [0.2, 0.25) is 5.95 Å². The van der Waals surface area contributed by atoms with Crippen molar-refractivity contribution in [2.75, 3.05) is 32.1 Å². The fraction of sp³-hybridized carbons (Fsp3) is 0.733. The summed E-state index contributed by atoms with van der Waals surface area (Å²) >= 11 is 0. The molecule has 1 aliphatic rings. The van der Waals surface area contributed by atoms with Crippen molar-refractivity contribution in [1.82, 2.24) is 14.9 Å². The van der Waals surface area contributed by atoms with Gasteiger partial charge in [0.25, 0.3) is 0 Å². The zero-order chi connectivity index (χ0) is 14.0. The molecule has 106 valence electrons. The Hall–Kier alpha value is -1.16. The highest BCUT2D eigenvalue weighted by molar-refractivity contribution is 5.36. The number of hydrogen-bond donors (Lipinski definition) is 0. The van der Waals surface area contributed by atoms with Crippen LogP contribution < -0.4 is 4.90 Å². The van der Waals surface area contributed by atoms with Crippen LogP contribution in [0.1, 0.15) is 36.2 Å². The molecular formula is C15H26N4. The van der Waals surface area contributed by atoms with Gasteiger partial charge in [-0.3, -0.25) is 0 Å². The molecule has 0 radical (unpaired) electrons. The van der Waals surface area contributed by atoms with Crippen molar-refractivity contribution >= 4 is 5.95 Å². The second kappa shape index (κ2) is 5.87. The highest BCUT2D eigenvalue weighted by Crippen LogP contribution is 2.20. The molecule has 0 spiro atoms. The van der Waals surface area contributed by atoms with Gasteiger partial charge in [-0.05, 0) is 59.7 Å². The van der Waals surface area contributed by atoms with E-state index in [1.54, 1.807) is 0 Å². The largest absolute Gasteiger partial charge is 0.341 e. The molecule has 4 heteroatoms. The van der Waals surface area contributed by atoms with Crippen LogP contribution >= 0.6 is 0 Å². The van der Waals surface area contributed by atoms with Gasteiger partial charge in [0.05, 0.1) is 0 Å². The summed E-state index contributed by atoms with van der Waals surface area (Å²) in [6.07, 6.45) is 3.69. The lowest BCUT2D eigenvalue weighted by Gasteiger charge is -2.24. The van der Waals surface area contributed by atoms with Crippen molar-refractivity contribution in [3.8, 4) is 0 Å². The number of hydrogen-bond acceptors (Lipinski definition) is 4. The Morgan fingerprint density at radius 3 is 2.21 bits per heavy atom. The average Bonchev–Trinajstić information content (AvgIpc) is 2.61. The summed E-state index contributed by atoms with van der Waals surface area (Å²) in [5, 5.41) is 0. The molecule has 1 aromatic heterocycles. The predicted octanol–water partition coefficient (Wildman–Crippen LogP) is 2.32. The number of nitrogens with zero attached hydrogens (tertiary/aromatic N) is 4. The van der Waals surface area contributed by atoms with Gasteiger partial charge < -0.3 is 9.80 Å². The van der Waals surface area contributed by atoms with E-state index in [9.17, 15) is 0 Å². The third-order valence-electron chi connectivity index (χ3n) is 4.33. The van der Waals surface area contributed by atoms with Crippen molar-refractivity contribution in [1.29, 1.82) is 0 Å². The zero-order valence-corrected chi connectivity index (χ0v) is 12.9. The van der Waals surface area contributed by atoms with Crippen molar-refractivity contribution in [3.63, 3.8) is 0 Å². The maximum Gasteiger partial charge on any atom is 0.225 e. The van der Waals surface area contributed by atoms with Gasteiger partial charge in [-0.1, -0.05) is 0 Å². The summed E-state index contributed by atoms with van der Waals surface area (Å²) in [4.78, 5) is 14.0. The summed E-state index contributed by atoms with van der Waals surface area (Å²) in [5.41, 5.74) is 3.43. The molecule has 1 aliphatic heterocycles. The molecule has 19 heavy (non-hydrogen) atoms. The van der Waals surface area contributed by atoms with Crippen LogP contribution in [0.5, 0.6) is 0 Å². The Kier molecular flexibility index (Phi) is 4.40. The molecule has 1 saturated heterocycles. The van der Waals surface area contributed by atoms with Gasteiger partial charge in [-0.15, -0.1) is 0 Å². The van der Waals surface area contributed by atoms with E-state index in [1.165, 1.54) is 24.8 Å². The lowest BCUT2D eigenvalue weighted by molar-refractivity contribution is 0.272. The van der Waals surface area contributed by atoms with E-state index in [2.05, 4.69) is 54.6 Å². The maximum absolute atomic E-state index is 4.67. The minimum Gasteiger partial charge on any atom is -0.341 e. The van der Waals surface area contributed by atoms with Crippen LogP contribution in [0.4, 0.5) is 5.95 Å². The summed E-state index contributed by atoms with van der Waals surface area (Å²) in [6, 6.07) is 0.692. The van der Waals surface area contributed by atoms with E-state index in [0.29, 0.717) is 6.04 Å². The number of aromatic nitrogens is 2. The van der Waals surface area contributed by atoms with Gasteiger partial charge in [0.15, 0.2) is 0 Å². The van der Waals surface area contributed by atoms with Crippen LogP contribution in [0.3, 0.4) is 0 Å². The van der Waals surface area contributed by atoms with Crippen LogP contribution in [0, 0.1) is 20.8 Å². The molecule has 1 unspecified atom stereocenters. The maximum atomic E-state index is 4.67. The van der Waals surface area contributed by atoms with Crippen molar-refractivity contribution in [2.24, 2.45) is 0 Å². The lowest BCUT2D eigenvalue weighted by atomic mass is 10.1. The van der Waals surface area contributed by atoms with E-state index < -0.39 is 0 Å². The molecule has 1 atom stereocenters. The lowest BCUT2D eigenvalue weighted by Crippen LogP contribution is -2.31. The zero-order valence-electron chi connectivity index (χ0n) is 12.9. The van der Waals surface area contributed by atoms with Crippen molar-refractivity contribution in [2.45, 2.75) is 46.1 Å². The fourth-order valence-corrected chi connectivity index (χ4v) is 2.69. The molecule has 2 rings (SSSR count). The third-order valence-corrected chi connectivity index (χ3v) is 4.33. The SMILES string of the molecule is Cc1nc(N2CCCC(N(C)C)CC2)nc(C)c1C. The second-order valence-electron chi connectivity index (χ2n) is 5.85. The van der Waals surface area contributed by atoms with E-state index in [4.69, 9.17) is 0 Å². The van der Waals surface area contributed by atoms with E-state index in [-0.39, 0.29) is 0 Å². The van der Waals surface area contributed by atoms with E-state index in [0.717, 1.165) is 30.4 Å². The summed E-state index contributed by atoms with van der Waals surface area (Å²) in [7, 11) is 4.36. The van der Waals surface area contributed by atoms with Crippen LogP contribution in [0.25, 0.3) is 0 Å². The Balaban J connectivity index is 2.14. The van der Waals surface area contributed by atoms with Crippen LogP contribution in [0.2, 0.25) is 0 Å². The fourth-order valence-electron chi connectivity index (χ4n) is 2.69. The summed E-state index contributed by atoms with van der Waals surface area (Å²) < 4.78 is 0. The van der Waals surface area contributed by atoms with Gasteiger partial charge in [0.1, 0.15) is 0 Å². The topological polar surface area (TPSA) is 32.3 Å². The van der Waals surface area contributed by atoms with Gasteiger partial charge >= 0.3 is 0 Å². The Morgan fingerprint density at radius 1 is 1.00 bits per heavy atom. The monoisotopic (exact) mass is 262 g/mol. The molecule has 0 aromatic carbocycles. The Morgan fingerprint density at radius 2 is 1.63 bits per heavy atom. The molecule has 0 bridgehead atoms. The normalized spacial score (nSPS) is 20.7. The molecule has 0 N–H and O–H groups in total. The molecule has 1 fully saturated rings. The number of aryl methyl sites for hydroxylation is 2. The summed E-state index contributed by atoms with van der Waals surface area (Å²) in [5.74, 6) is 0.917. The molecule has 1 aromatic rings. The van der Waals surface area contributed by atoms with Gasteiger partial charge in [-0.25, -0.2) is 9.97 Å². The predicted molar refractivity (Wildman–Crippen MR) is 79.8 cm³/mol. The van der Waals surface area contributed by atoms with E-state index in [1.807, 2.05) is 0 Å². The van der Waals surface area contributed by atoms with Crippen LogP contribution in [-0.2, 0) is 0 Å². The quantitative estimate of drug-likeness (QED) is 0.819. The van der Waals surface area contributed by atoms with Crippen LogP contribution in [-0.4, -0.2) is 48.1 Å². The first-order chi connectivity index (χ1) is 8.99. The summed E-state index contributed by atoms with van der Waals surface area (Å²) in [6.45, 7) is 8.39. The Labute approximate surface area is 116 Å². The molecule has 2 heterocycles. The smallest absolute Gasteiger partial charge is 0.225 e. The molecule has 4 nitrogen and oxygen atoms in total.